The van der Waals surface area contributed by atoms with Gasteiger partial charge < -0.3 is 5.32 Å². The van der Waals surface area contributed by atoms with Gasteiger partial charge in [0.1, 0.15) is 4.90 Å². The molecule has 1 aromatic carbocycles. The average Bonchev–Trinajstić information content (AvgIpc) is 2.76. The normalized spacial score (nSPS) is 14.8. The number of amides is 3. The molecule has 8 nitrogen and oxygen atoms in total. The van der Waals surface area contributed by atoms with Gasteiger partial charge in [0.05, 0.1) is 10.8 Å². The number of nitrogens with one attached hydrogen (secondary N) is 2. The summed E-state index contributed by atoms with van der Waals surface area (Å²) in [6.07, 6.45) is 4.10. The van der Waals surface area contributed by atoms with Crippen LogP contribution < -0.4 is 10.6 Å². The molecule has 0 bridgehead atoms. The van der Waals surface area contributed by atoms with Crippen molar-refractivity contribution in [3.05, 3.63) is 47.7 Å². The second-order valence-corrected chi connectivity index (χ2v) is 10.3. The van der Waals surface area contributed by atoms with Gasteiger partial charge in [-0.2, -0.15) is 4.31 Å². The molecule has 10 heteroatoms. The minimum absolute atomic E-state index is 0.0223. The van der Waals surface area contributed by atoms with Crippen molar-refractivity contribution in [3.63, 3.8) is 0 Å². The van der Waals surface area contributed by atoms with Crippen LogP contribution in [0.3, 0.4) is 0 Å². The molecule has 1 fully saturated rings. The first-order valence-electron chi connectivity index (χ1n) is 10.0. The van der Waals surface area contributed by atoms with Crippen LogP contribution in [-0.2, 0) is 14.8 Å². The third-order valence-electron chi connectivity index (χ3n) is 5.03. The number of aryl methyl sites for hydroxylation is 2. The molecule has 1 aliphatic heterocycles. The van der Waals surface area contributed by atoms with Crippen LogP contribution in [0.25, 0.3) is 0 Å². The Bertz CT molecular complexity index is 1050. The van der Waals surface area contributed by atoms with Crippen molar-refractivity contribution < 1.29 is 18.0 Å². The molecule has 0 aliphatic carbocycles. The second-order valence-electron chi connectivity index (χ2n) is 7.39. The maximum Gasteiger partial charge on any atom is 0.325 e. The van der Waals surface area contributed by atoms with Gasteiger partial charge in [-0.05, 0) is 62.1 Å². The van der Waals surface area contributed by atoms with Crippen molar-refractivity contribution in [2.24, 2.45) is 0 Å². The number of imide groups is 1. The van der Waals surface area contributed by atoms with E-state index in [4.69, 9.17) is 0 Å². The zero-order valence-electron chi connectivity index (χ0n) is 17.6. The monoisotopic (exact) mass is 462 g/mol. The Morgan fingerprint density at radius 2 is 1.81 bits per heavy atom. The lowest BCUT2D eigenvalue weighted by Crippen LogP contribution is -2.35. The van der Waals surface area contributed by atoms with Gasteiger partial charge in [-0.15, -0.1) is 0 Å². The van der Waals surface area contributed by atoms with E-state index >= 15 is 0 Å². The number of thioether (sulfide) groups is 1. The molecule has 3 rings (SSSR count). The largest absolute Gasteiger partial charge is 0.325 e. The first kappa shape index (κ1) is 23.2. The van der Waals surface area contributed by atoms with Gasteiger partial charge in [-0.1, -0.05) is 24.2 Å². The van der Waals surface area contributed by atoms with E-state index in [9.17, 15) is 18.0 Å². The maximum absolute atomic E-state index is 12.6. The highest BCUT2D eigenvalue weighted by Gasteiger charge is 2.26. The second kappa shape index (κ2) is 10.3. The molecule has 1 aliphatic rings. The average molecular weight is 463 g/mol. The van der Waals surface area contributed by atoms with Gasteiger partial charge >= 0.3 is 6.03 Å². The first-order chi connectivity index (χ1) is 14.8. The van der Waals surface area contributed by atoms with Crippen LogP contribution in [-0.4, -0.2) is 48.5 Å². The quantitative estimate of drug-likeness (QED) is 0.638. The van der Waals surface area contributed by atoms with Crippen LogP contribution >= 0.6 is 11.8 Å². The molecular formula is C21H26N4O4S2. The molecule has 2 aromatic rings. The van der Waals surface area contributed by atoms with E-state index in [0.29, 0.717) is 23.8 Å². The van der Waals surface area contributed by atoms with Crippen molar-refractivity contribution in [3.8, 4) is 0 Å². The lowest BCUT2D eigenvalue weighted by Gasteiger charge is -2.25. The highest BCUT2D eigenvalue weighted by atomic mass is 32.2. The van der Waals surface area contributed by atoms with Gasteiger partial charge in [0.2, 0.25) is 15.9 Å². The molecule has 0 radical (unpaired) electrons. The number of pyridine rings is 1. The molecule has 0 spiro atoms. The van der Waals surface area contributed by atoms with Gasteiger partial charge in [0.15, 0.2) is 0 Å². The van der Waals surface area contributed by atoms with Crippen molar-refractivity contribution in [2.75, 3.05) is 24.2 Å². The number of hydrogen-bond donors (Lipinski definition) is 2. The van der Waals surface area contributed by atoms with Crippen LogP contribution in [0.2, 0.25) is 0 Å². The number of carbonyl (C=O) groups is 2. The summed E-state index contributed by atoms with van der Waals surface area (Å²) < 4.78 is 26.8. The highest BCUT2D eigenvalue weighted by molar-refractivity contribution is 7.99. The summed E-state index contributed by atoms with van der Waals surface area (Å²) in [5, 5.41) is 5.40. The van der Waals surface area contributed by atoms with Crippen molar-refractivity contribution in [2.45, 2.75) is 43.0 Å². The summed E-state index contributed by atoms with van der Waals surface area (Å²) in [5.41, 5.74) is 2.76. The van der Waals surface area contributed by atoms with Crippen molar-refractivity contribution in [1.29, 1.82) is 0 Å². The number of urea groups is 1. The number of hydrogen-bond acceptors (Lipinski definition) is 6. The topological polar surface area (TPSA) is 108 Å². The van der Waals surface area contributed by atoms with E-state index in [1.54, 1.807) is 12.1 Å². The molecule has 31 heavy (non-hydrogen) atoms. The lowest BCUT2D eigenvalue weighted by atomic mass is 10.1. The first-order valence-corrected chi connectivity index (χ1v) is 12.5. The zero-order valence-corrected chi connectivity index (χ0v) is 19.2. The Labute approximate surface area is 186 Å². The third kappa shape index (κ3) is 6.28. The summed E-state index contributed by atoms with van der Waals surface area (Å²) in [4.78, 5) is 28.3. The van der Waals surface area contributed by atoms with Crippen LogP contribution in [0.15, 0.2) is 46.5 Å². The fraction of sp³-hybridized carbons (Fsp3) is 0.381. The van der Waals surface area contributed by atoms with Crippen LogP contribution in [0.4, 0.5) is 10.5 Å². The zero-order chi connectivity index (χ0) is 22.4. The smallest absolute Gasteiger partial charge is 0.308 e. The Balaban J connectivity index is 1.49. The van der Waals surface area contributed by atoms with Gasteiger partial charge in [-0.25, -0.2) is 18.2 Å². The number of aromatic nitrogens is 1. The lowest BCUT2D eigenvalue weighted by molar-refractivity contribution is -0.117. The molecule has 1 saturated heterocycles. The third-order valence-corrected chi connectivity index (χ3v) is 7.86. The van der Waals surface area contributed by atoms with Crippen LogP contribution in [0, 0.1) is 13.8 Å². The minimum Gasteiger partial charge on any atom is -0.308 e. The number of sulfonamides is 1. The minimum atomic E-state index is -3.53. The van der Waals surface area contributed by atoms with Crippen LogP contribution in [0.1, 0.15) is 30.4 Å². The Morgan fingerprint density at radius 1 is 1.06 bits per heavy atom. The fourth-order valence-electron chi connectivity index (χ4n) is 3.14. The summed E-state index contributed by atoms with van der Waals surface area (Å²) in [6.45, 7) is 4.98. The number of piperidine rings is 1. The number of carbonyl (C=O) groups excluding carboxylic acids is 2. The van der Waals surface area contributed by atoms with Gasteiger partial charge in [0, 0.05) is 25.0 Å². The van der Waals surface area contributed by atoms with E-state index in [1.807, 2.05) is 26.0 Å². The SMILES string of the molecule is Cc1ccc(NC(=O)NC(=O)CSc2ccc(S(=O)(=O)N3CCCCC3)cn2)cc1C. The summed E-state index contributed by atoms with van der Waals surface area (Å²) in [7, 11) is -3.53. The Kier molecular flexibility index (Phi) is 7.69. The standard InChI is InChI=1S/C21H26N4O4S2/c1-15-6-7-17(12-16(15)2)23-21(27)24-19(26)14-30-20-9-8-18(13-22-20)31(28,29)25-10-4-3-5-11-25/h6-9,12-13H,3-5,10-11,14H2,1-2H3,(H2,23,24,26,27). The van der Waals surface area contributed by atoms with E-state index in [-0.39, 0.29) is 10.6 Å². The van der Waals surface area contributed by atoms with Crippen LogP contribution in [0.5, 0.6) is 0 Å². The van der Waals surface area contributed by atoms with E-state index < -0.39 is 22.0 Å². The highest BCUT2D eigenvalue weighted by Crippen LogP contribution is 2.22. The molecule has 166 valence electrons. The predicted molar refractivity (Wildman–Crippen MR) is 121 cm³/mol. The number of anilines is 1. The number of nitrogens with zero attached hydrogens (tertiary/aromatic N) is 2. The van der Waals surface area contributed by atoms with Gasteiger partial charge in [-0.3, -0.25) is 10.1 Å². The number of benzene rings is 1. The molecule has 2 N–H and O–H groups in total. The van der Waals surface area contributed by atoms with E-state index in [2.05, 4.69) is 15.6 Å². The molecule has 2 heterocycles. The molecular weight excluding hydrogens is 436 g/mol. The van der Waals surface area contributed by atoms with E-state index in [0.717, 1.165) is 42.2 Å². The van der Waals surface area contributed by atoms with Crippen molar-refractivity contribution in [1.82, 2.24) is 14.6 Å². The fourth-order valence-corrected chi connectivity index (χ4v) is 5.25. The Hall–Kier alpha value is -2.43. The predicted octanol–water partition coefficient (Wildman–Crippen LogP) is 3.31. The number of rotatable bonds is 6. The molecule has 1 aromatic heterocycles. The van der Waals surface area contributed by atoms with Gasteiger partial charge in [0.25, 0.3) is 0 Å². The summed E-state index contributed by atoms with van der Waals surface area (Å²) in [5.74, 6) is -0.496. The molecule has 0 unspecified atom stereocenters. The van der Waals surface area contributed by atoms with E-state index in [1.165, 1.54) is 16.6 Å². The summed E-state index contributed by atoms with van der Waals surface area (Å²) in [6, 6.07) is 7.96. The Morgan fingerprint density at radius 3 is 2.45 bits per heavy atom. The molecule has 3 amide bonds. The summed E-state index contributed by atoms with van der Waals surface area (Å²) >= 11 is 1.12. The molecule has 0 saturated carbocycles. The maximum atomic E-state index is 12.6. The van der Waals surface area contributed by atoms with Crippen molar-refractivity contribution >= 4 is 39.4 Å². The molecule has 0 atom stereocenters.